The molecule has 0 spiro atoms. The molecule has 19 heavy (non-hydrogen) atoms. The van der Waals surface area contributed by atoms with Crippen LogP contribution in [0.15, 0.2) is 12.3 Å². The summed E-state index contributed by atoms with van der Waals surface area (Å²) >= 11 is 0. The van der Waals surface area contributed by atoms with Crippen LogP contribution in [-0.2, 0) is 0 Å². The minimum absolute atomic E-state index is 0.157. The molecule has 6 nitrogen and oxygen atoms in total. The lowest BCUT2D eigenvalue weighted by Gasteiger charge is -2.33. The number of carbonyl (C=O) groups excluding carboxylic acids is 1. The highest BCUT2D eigenvalue weighted by molar-refractivity contribution is 5.88. The minimum Gasteiger partial charge on any atom is -0.388 e. The van der Waals surface area contributed by atoms with Crippen molar-refractivity contribution in [3.8, 4) is 0 Å². The molecule has 1 aliphatic heterocycles. The number of aromatic nitrogens is 2. The van der Waals surface area contributed by atoms with Crippen molar-refractivity contribution in [3.63, 3.8) is 0 Å². The number of rotatable bonds is 2. The molecule has 0 aliphatic carbocycles. The maximum atomic E-state index is 12.2. The van der Waals surface area contributed by atoms with Gasteiger partial charge in [-0.05, 0) is 39.7 Å². The molecule has 2 heterocycles. The number of hydrogen-bond acceptors (Lipinski definition) is 4. The third-order valence-electron chi connectivity index (χ3n) is 3.34. The zero-order chi connectivity index (χ0) is 14.0. The van der Waals surface area contributed by atoms with E-state index in [4.69, 9.17) is 0 Å². The summed E-state index contributed by atoms with van der Waals surface area (Å²) in [7, 11) is 0. The summed E-state index contributed by atoms with van der Waals surface area (Å²) < 4.78 is 0. The van der Waals surface area contributed by atoms with Crippen LogP contribution < -0.4 is 5.32 Å². The third kappa shape index (κ3) is 3.20. The van der Waals surface area contributed by atoms with E-state index in [0.29, 0.717) is 18.2 Å². The summed E-state index contributed by atoms with van der Waals surface area (Å²) in [5.74, 6) is 1.09. The largest absolute Gasteiger partial charge is 0.388 e. The van der Waals surface area contributed by atoms with Crippen LogP contribution in [0, 0.1) is 6.92 Å². The number of anilines is 1. The Morgan fingerprint density at radius 2 is 2.32 bits per heavy atom. The molecular weight excluding hydrogens is 244 g/mol. The van der Waals surface area contributed by atoms with Crippen LogP contribution in [0.5, 0.6) is 0 Å². The van der Waals surface area contributed by atoms with E-state index in [1.165, 1.54) is 0 Å². The van der Waals surface area contributed by atoms with Gasteiger partial charge in [-0.25, -0.2) is 14.8 Å². The summed E-state index contributed by atoms with van der Waals surface area (Å²) in [6, 6.07) is 1.28. The number of nitrogens with one attached hydrogen (secondary N) is 1. The Labute approximate surface area is 112 Å². The van der Waals surface area contributed by atoms with E-state index in [0.717, 1.165) is 12.8 Å². The highest BCUT2D eigenvalue weighted by atomic mass is 16.3. The highest BCUT2D eigenvalue weighted by Crippen LogP contribution is 2.27. The second-order valence-electron chi connectivity index (χ2n) is 5.42. The second-order valence-corrected chi connectivity index (χ2v) is 5.42. The van der Waals surface area contributed by atoms with Gasteiger partial charge < -0.3 is 10.0 Å². The van der Waals surface area contributed by atoms with E-state index in [9.17, 15) is 9.90 Å². The molecule has 6 heteroatoms. The van der Waals surface area contributed by atoms with Gasteiger partial charge in [0.05, 0.1) is 11.6 Å². The molecule has 1 unspecified atom stereocenters. The maximum Gasteiger partial charge on any atom is 0.323 e. The lowest BCUT2D eigenvalue weighted by molar-refractivity contribution is 0.0117. The predicted octanol–water partition coefficient (Wildman–Crippen LogP) is 1.55. The van der Waals surface area contributed by atoms with Crippen molar-refractivity contribution in [2.24, 2.45) is 0 Å². The van der Waals surface area contributed by atoms with Crippen LogP contribution in [0.25, 0.3) is 0 Å². The SMILES string of the molecule is Cc1nccc(NC(=O)N2CCCC2C(C)(C)O)n1. The Bertz CT molecular complexity index is 470. The van der Waals surface area contributed by atoms with Crippen molar-refractivity contribution in [2.45, 2.75) is 45.3 Å². The molecule has 1 saturated heterocycles. The van der Waals surface area contributed by atoms with Gasteiger partial charge in [0, 0.05) is 12.7 Å². The number of hydrogen-bond donors (Lipinski definition) is 2. The molecule has 104 valence electrons. The number of carbonyl (C=O) groups is 1. The molecule has 0 aromatic carbocycles. The summed E-state index contributed by atoms with van der Waals surface area (Å²) in [6.45, 7) is 5.89. The highest BCUT2D eigenvalue weighted by Gasteiger charge is 2.38. The number of urea groups is 1. The van der Waals surface area contributed by atoms with Gasteiger partial charge in [-0.3, -0.25) is 5.32 Å². The van der Waals surface area contributed by atoms with Gasteiger partial charge in [0.25, 0.3) is 0 Å². The van der Waals surface area contributed by atoms with Gasteiger partial charge in [0.15, 0.2) is 0 Å². The second kappa shape index (κ2) is 5.13. The van der Waals surface area contributed by atoms with Gasteiger partial charge in [-0.1, -0.05) is 0 Å². The van der Waals surface area contributed by atoms with Crippen LogP contribution >= 0.6 is 0 Å². The maximum absolute atomic E-state index is 12.2. The molecule has 0 radical (unpaired) electrons. The van der Waals surface area contributed by atoms with Gasteiger partial charge in [0.2, 0.25) is 0 Å². The average molecular weight is 264 g/mol. The van der Waals surface area contributed by atoms with Crippen LogP contribution in [0.4, 0.5) is 10.6 Å². The van der Waals surface area contributed by atoms with E-state index >= 15 is 0 Å². The molecule has 1 aromatic heterocycles. The molecule has 1 aromatic rings. The quantitative estimate of drug-likeness (QED) is 0.849. The number of likely N-dealkylation sites (tertiary alicyclic amines) is 1. The third-order valence-corrected chi connectivity index (χ3v) is 3.34. The predicted molar refractivity (Wildman–Crippen MR) is 71.8 cm³/mol. The molecule has 2 rings (SSSR count). The zero-order valence-corrected chi connectivity index (χ0v) is 11.6. The van der Waals surface area contributed by atoms with E-state index < -0.39 is 5.60 Å². The Kier molecular flexibility index (Phi) is 3.71. The number of nitrogens with zero attached hydrogens (tertiary/aromatic N) is 3. The van der Waals surface area contributed by atoms with Crippen LogP contribution in [0.3, 0.4) is 0 Å². The molecular formula is C13H20N4O2. The van der Waals surface area contributed by atoms with E-state index in [1.807, 2.05) is 0 Å². The normalized spacial score (nSPS) is 19.6. The monoisotopic (exact) mass is 264 g/mol. The summed E-state index contributed by atoms with van der Waals surface area (Å²) in [4.78, 5) is 22.0. The van der Waals surface area contributed by atoms with E-state index in [-0.39, 0.29) is 12.1 Å². The van der Waals surface area contributed by atoms with Gasteiger partial charge >= 0.3 is 6.03 Å². The lowest BCUT2D eigenvalue weighted by atomic mass is 9.97. The fourth-order valence-electron chi connectivity index (χ4n) is 2.45. The van der Waals surface area contributed by atoms with Crippen molar-refractivity contribution >= 4 is 11.8 Å². The summed E-state index contributed by atoms with van der Waals surface area (Å²) in [5.41, 5.74) is -0.893. The molecule has 1 fully saturated rings. The fraction of sp³-hybridized carbons (Fsp3) is 0.615. The standard InChI is InChI=1S/C13H20N4O2/c1-9-14-7-6-11(15-9)16-12(18)17-8-4-5-10(17)13(2,3)19/h6-7,10,19H,4-5,8H2,1-3H3,(H,14,15,16,18). The Morgan fingerprint density at radius 1 is 1.58 bits per heavy atom. The first-order chi connectivity index (χ1) is 8.88. The Balaban J connectivity index is 2.07. The Hall–Kier alpha value is -1.69. The molecule has 1 aliphatic rings. The number of aliphatic hydroxyl groups is 1. The van der Waals surface area contributed by atoms with Crippen molar-refractivity contribution in [3.05, 3.63) is 18.1 Å². The average Bonchev–Trinajstić information content (AvgIpc) is 2.77. The van der Waals surface area contributed by atoms with Crippen molar-refractivity contribution in [1.82, 2.24) is 14.9 Å². The Morgan fingerprint density at radius 3 is 2.95 bits per heavy atom. The fourth-order valence-corrected chi connectivity index (χ4v) is 2.45. The summed E-state index contributed by atoms with van der Waals surface area (Å²) in [5, 5.41) is 12.9. The van der Waals surface area contributed by atoms with E-state index in [1.54, 1.807) is 37.9 Å². The van der Waals surface area contributed by atoms with Crippen molar-refractivity contribution < 1.29 is 9.90 Å². The number of aryl methyl sites for hydroxylation is 1. The molecule has 1 atom stereocenters. The molecule has 0 saturated carbocycles. The lowest BCUT2D eigenvalue weighted by Crippen LogP contribution is -2.49. The first-order valence-electron chi connectivity index (χ1n) is 6.47. The molecule has 2 N–H and O–H groups in total. The topological polar surface area (TPSA) is 78.4 Å². The van der Waals surface area contributed by atoms with Crippen LogP contribution in [0.1, 0.15) is 32.5 Å². The van der Waals surface area contributed by atoms with Crippen LogP contribution in [-0.4, -0.2) is 44.2 Å². The van der Waals surface area contributed by atoms with Crippen molar-refractivity contribution in [2.75, 3.05) is 11.9 Å². The molecule has 0 bridgehead atoms. The van der Waals surface area contributed by atoms with E-state index in [2.05, 4.69) is 15.3 Å². The van der Waals surface area contributed by atoms with Gasteiger partial charge in [-0.15, -0.1) is 0 Å². The number of amides is 2. The van der Waals surface area contributed by atoms with Crippen LogP contribution in [0.2, 0.25) is 0 Å². The smallest absolute Gasteiger partial charge is 0.323 e. The minimum atomic E-state index is -0.893. The van der Waals surface area contributed by atoms with Gasteiger partial charge in [-0.2, -0.15) is 0 Å². The van der Waals surface area contributed by atoms with Crippen molar-refractivity contribution in [1.29, 1.82) is 0 Å². The summed E-state index contributed by atoms with van der Waals surface area (Å²) in [6.07, 6.45) is 3.33. The zero-order valence-electron chi connectivity index (χ0n) is 11.6. The first kappa shape index (κ1) is 13.7. The first-order valence-corrected chi connectivity index (χ1v) is 6.47. The van der Waals surface area contributed by atoms with Gasteiger partial charge in [0.1, 0.15) is 11.6 Å². The molecule has 2 amide bonds.